The molecule has 1 aromatic carbocycles. The van der Waals surface area contributed by atoms with Gasteiger partial charge in [0.05, 0.1) is 16.3 Å². The maximum absolute atomic E-state index is 12.1. The molecule has 1 aliphatic heterocycles. The Morgan fingerprint density at radius 3 is 2.64 bits per heavy atom. The van der Waals surface area contributed by atoms with Crippen LogP contribution in [-0.4, -0.2) is 34.2 Å². The Kier molecular flexibility index (Phi) is 3.60. The molecule has 3 rings (SSSR count). The fraction of sp³-hybridized carbons (Fsp3) is 0.0667. The first kappa shape index (κ1) is 14.2. The molecule has 0 unspecified atom stereocenters. The summed E-state index contributed by atoms with van der Waals surface area (Å²) in [6.45, 7) is -0.390. The van der Waals surface area contributed by atoms with E-state index in [0.29, 0.717) is 10.7 Å². The van der Waals surface area contributed by atoms with Crippen LogP contribution in [0.2, 0.25) is 5.02 Å². The van der Waals surface area contributed by atoms with Gasteiger partial charge in [0.25, 0.3) is 11.8 Å². The number of anilines is 1. The molecule has 2 heterocycles. The summed E-state index contributed by atoms with van der Waals surface area (Å²) in [5.41, 5.74) is 0.694. The lowest BCUT2D eigenvalue weighted by atomic mass is 10.2. The molecule has 110 valence electrons. The highest BCUT2D eigenvalue weighted by atomic mass is 35.5. The van der Waals surface area contributed by atoms with E-state index in [2.05, 4.69) is 10.3 Å². The van der Waals surface area contributed by atoms with Crippen molar-refractivity contribution in [2.24, 2.45) is 0 Å². The van der Waals surface area contributed by atoms with Crippen LogP contribution in [0.15, 0.2) is 42.6 Å². The first-order valence-electron chi connectivity index (χ1n) is 6.43. The third kappa shape index (κ3) is 2.44. The van der Waals surface area contributed by atoms with Gasteiger partial charge in [-0.3, -0.25) is 24.3 Å². The van der Waals surface area contributed by atoms with E-state index < -0.39 is 17.7 Å². The number of fused-ring (bicyclic) bond motifs is 1. The van der Waals surface area contributed by atoms with Gasteiger partial charge in [-0.25, -0.2) is 0 Å². The van der Waals surface area contributed by atoms with Crippen LogP contribution in [0.5, 0.6) is 0 Å². The van der Waals surface area contributed by atoms with E-state index in [-0.39, 0.29) is 17.8 Å². The minimum Gasteiger partial charge on any atom is -0.323 e. The van der Waals surface area contributed by atoms with E-state index in [0.717, 1.165) is 4.90 Å². The van der Waals surface area contributed by atoms with Crippen LogP contribution < -0.4 is 5.32 Å². The minimum absolute atomic E-state index is 0.0676. The maximum atomic E-state index is 12.1. The number of hydrogen-bond donors (Lipinski definition) is 1. The van der Waals surface area contributed by atoms with Crippen LogP contribution in [0, 0.1) is 0 Å². The molecule has 6 nitrogen and oxygen atoms in total. The van der Waals surface area contributed by atoms with Crippen molar-refractivity contribution in [3.63, 3.8) is 0 Å². The Balaban J connectivity index is 1.75. The highest BCUT2D eigenvalue weighted by Gasteiger charge is 2.37. The third-order valence-electron chi connectivity index (χ3n) is 3.18. The zero-order chi connectivity index (χ0) is 15.7. The summed E-state index contributed by atoms with van der Waals surface area (Å²) in [7, 11) is 0. The topological polar surface area (TPSA) is 79.4 Å². The monoisotopic (exact) mass is 315 g/mol. The summed E-state index contributed by atoms with van der Waals surface area (Å²) in [5.74, 6) is -1.61. The first-order valence-corrected chi connectivity index (χ1v) is 6.81. The number of halogens is 1. The molecule has 0 radical (unpaired) electrons. The van der Waals surface area contributed by atoms with E-state index >= 15 is 0 Å². The van der Waals surface area contributed by atoms with Crippen LogP contribution in [0.3, 0.4) is 0 Å². The molecule has 0 atom stereocenters. The van der Waals surface area contributed by atoms with Gasteiger partial charge in [0.2, 0.25) is 5.91 Å². The average Bonchev–Trinajstić information content (AvgIpc) is 2.75. The fourth-order valence-electron chi connectivity index (χ4n) is 2.15. The number of benzene rings is 1. The number of para-hydroxylation sites is 1. The summed E-state index contributed by atoms with van der Waals surface area (Å²) in [6.07, 6.45) is 1.43. The van der Waals surface area contributed by atoms with Gasteiger partial charge in [-0.15, -0.1) is 0 Å². The third-order valence-corrected chi connectivity index (χ3v) is 3.51. The van der Waals surface area contributed by atoms with Crippen molar-refractivity contribution >= 4 is 35.0 Å². The van der Waals surface area contributed by atoms with E-state index in [1.165, 1.54) is 12.3 Å². The minimum atomic E-state index is -0.574. The molecular formula is C15H10ClN3O3. The van der Waals surface area contributed by atoms with E-state index in [1.807, 2.05) is 0 Å². The van der Waals surface area contributed by atoms with Crippen LogP contribution >= 0.6 is 11.6 Å². The van der Waals surface area contributed by atoms with Crippen molar-refractivity contribution in [1.29, 1.82) is 0 Å². The molecule has 0 saturated carbocycles. The van der Waals surface area contributed by atoms with Crippen molar-refractivity contribution in [3.8, 4) is 0 Å². The smallest absolute Gasteiger partial charge is 0.280 e. The zero-order valence-corrected chi connectivity index (χ0v) is 12.0. The van der Waals surface area contributed by atoms with Gasteiger partial charge in [0, 0.05) is 6.20 Å². The largest absolute Gasteiger partial charge is 0.323 e. The summed E-state index contributed by atoms with van der Waals surface area (Å²) < 4.78 is 0. The number of aromatic nitrogens is 1. The van der Waals surface area contributed by atoms with E-state index in [1.54, 1.807) is 30.3 Å². The number of hydrogen-bond acceptors (Lipinski definition) is 4. The summed E-state index contributed by atoms with van der Waals surface area (Å²) in [5, 5.41) is 2.94. The Morgan fingerprint density at radius 1 is 1.14 bits per heavy atom. The van der Waals surface area contributed by atoms with E-state index in [4.69, 9.17) is 11.6 Å². The van der Waals surface area contributed by atoms with E-state index in [9.17, 15) is 14.4 Å². The first-order chi connectivity index (χ1) is 10.6. The average molecular weight is 316 g/mol. The van der Waals surface area contributed by atoms with Crippen molar-refractivity contribution in [2.75, 3.05) is 11.9 Å². The number of pyridine rings is 1. The van der Waals surface area contributed by atoms with Gasteiger partial charge in [-0.2, -0.15) is 0 Å². The molecule has 22 heavy (non-hydrogen) atoms. The zero-order valence-electron chi connectivity index (χ0n) is 11.2. The van der Waals surface area contributed by atoms with Crippen LogP contribution in [0.1, 0.15) is 20.8 Å². The lowest BCUT2D eigenvalue weighted by Crippen LogP contribution is -2.37. The Hall–Kier alpha value is -2.73. The number of carbonyl (C=O) groups is 3. The number of rotatable bonds is 3. The van der Waals surface area contributed by atoms with Crippen molar-refractivity contribution < 1.29 is 14.4 Å². The number of amides is 3. The number of imide groups is 1. The molecule has 1 aliphatic rings. The highest BCUT2D eigenvalue weighted by Crippen LogP contribution is 2.22. The van der Waals surface area contributed by atoms with Gasteiger partial charge < -0.3 is 5.32 Å². The molecule has 0 saturated heterocycles. The van der Waals surface area contributed by atoms with Gasteiger partial charge in [0.15, 0.2) is 0 Å². The molecule has 1 N–H and O–H groups in total. The van der Waals surface area contributed by atoms with Crippen LogP contribution in [-0.2, 0) is 4.79 Å². The molecule has 3 amide bonds. The molecule has 0 aliphatic carbocycles. The fourth-order valence-corrected chi connectivity index (χ4v) is 2.34. The van der Waals surface area contributed by atoms with Gasteiger partial charge in [0.1, 0.15) is 12.2 Å². The Labute approximate surface area is 130 Å². The molecule has 0 spiro atoms. The van der Waals surface area contributed by atoms with Crippen molar-refractivity contribution in [3.05, 3.63) is 58.9 Å². The van der Waals surface area contributed by atoms with Gasteiger partial charge in [-0.1, -0.05) is 23.7 Å². The Bertz CT molecular complexity index is 756. The normalized spacial score (nSPS) is 13.2. The lowest BCUT2D eigenvalue weighted by molar-refractivity contribution is -0.116. The highest BCUT2D eigenvalue weighted by molar-refractivity contribution is 6.33. The van der Waals surface area contributed by atoms with Crippen LogP contribution in [0.4, 0.5) is 5.69 Å². The number of nitrogens with zero attached hydrogens (tertiary/aromatic N) is 2. The molecule has 7 heteroatoms. The molecule has 1 aromatic heterocycles. The standard InChI is InChI=1S/C15H10ClN3O3/c16-10-5-1-2-6-11(10)18-12(20)8-19-14(21)9-4-3-7-17-13(9)15(19)22/h1-7H,8H2,(H,18,20). The van der Waals surface area contributed by atoms with Crippen LogP contribution in [0.25, 0.3) is 0 Å². The quantitative estimate of drug-likeness (QED) is 0.878. The predicted molar refractivity (Wildman–Crippen MR) is 79.7 cm³/mol. The number of carbonyl (C=O) groups excluding carboxylic acids is 3. The second kappa shape index (κ2) is 5.57. The lowest BCUT2D eigenvalue weighted by Gasteiger charge is -2.13. The molecule has 0 fully saturated rings. The molecule has 2 aromatic rings. The number of nitrogens with one attached hydrogen (secondary N) is 1. The summed E-state index contributed by atoms with van der Waals surface area (Å²) in [4.78, 5) is 41.0. The predicted octanol–water partition coefficient (Wildman–Crippen LogP) is 1.97. The maximum Gasteiger partial charge on any atom is 0.280 e. The summed E-state index contributed by atoms with van der Waals surface area (Å²) >= 11 is 5.94. The SMILES string of the molecule is O=C(CN1C(=O)c2cccnc2C1=O)Nc1ccccc1Cl. The molecular weight excluding hydrogens is 306 g/mol. The van der Waals surface area contributed by atoms with Crippen molar-refractivity contribution in [2.45, 2.75) is 0 Å². The molecule has 0 bridgehead atoms. The van der Waals surface area contributed by atoms with Gasteiger partial charge >= 0.3 is 0 Å². The van der Waals surface area contributed by atoms with Gasteiger partial charge in [-0.05, 0) is 24.3 Å². The second-order valence-electron chi connectivity index (χ2n) is 4.62. The second-order valence-corrected chi connectivity index (χ2v) is 5.03. The summed E-state index contributed by atoms with van der Waals surface area (Å²) in [6, 6.07) is 9.78. The Morgan fingerprint density at radius 2 is 1.91 bits per heavy atom. The van der Waals surface area contributed by atoms with Crippen molar-refractivity contribution in [1.82, 2.24) is 9.88 Å².